The Labute approximate surface area is 90.0 Å². The van der Waals surface area contributed by atoms with Gasteiger partial charge in [0.1, 0.15) is 0 Å². The number of nitrogens with one attached hydrogen (secondary N) is 1. The Hall–Kier alpha value is -1.10. The molecule has 1 aliphatic heterocycles. The van der Waals surface area contributed by atoms with Crippen LogP contribution in [0.25, 0.3) is 0 Å². The number of hydrogen-bond acceptors (Lipinski definition) is 3. The largest absolute Gasteiger partial charge is 0.359 e. The monoisotopic (exact) mass is 213 g/mol. The lowest BCUT2D eigenvalue weighted by Crippen LogP contribution is -2.44. The Balaban J connectivity index is 2.66. The Morgan fingerprint density at radius 2 is 2.13 bits per heavy atom. The molecule has 1 saturated heterocycles. The van der Waals surface area contributed by atoms with Crippen LogP contribution in [0.15, 0.2) is 0 Å². The van der Waals surface area contributed by atoms with E-state index in [4.69, 9.17) is 5.73 Å². The van der Waals surface area contributed by atoms with Crippen LogP contribution >= 0.6 is 0 Å². The minimum atomic E-state index is -0.489. The van der Waals surface area contributed by atoms with Gasteiger partial charge in [0.15, 0.2) is 0 Å². The number of amides is 2. The Kier molecular flexibility index (Phi) is 3.34. The standard InChI is InChI=1S/C10H19N3O2/c1-7(11)8(14)13-5-4-10(2,6-13)9(15)12-3/h7H,4-6,11H2,1-3H3,(H,12,15)/t7-,10?/m0/s1. The molecule has 5 nitrogen and oxygen atoms in total. The van der Waals surface area contributed by atoms with E-state index in [1.807, 2.05) is 6.92 Å². The summed E-state index contributed by atoms with van der Waals surface area (Å²) < 4.78 is 0. The lowest BCUT2D eigenvalue weighted by molar-refractivity contribution is -0.133. The second-order valence-corrected chi connectivity index (χ2v) is 4.44. The van der Waals surface area contributed by atoms with Gasteiger partial charge in [0.2, 0.25) is 11.8 Å². The van der Waals surface area contributed by atoms with Gasteiger partial charge in [-0.3, -0.25) is 9.59 Å². The van der Waals surface area contributed by atoms with Crippen LogP contribution in [0.4, 0.5) is 0 Å². The third kappa shape index (κ3) is 2.28. The van der Waals surface area contributed by atoms with Crippen molar-refractivity contribution >= 4 is 11.8 Å². The summed E-state index contributed by atoms with van der Waals surface area (Å²) in [5, 5.41) is 2.63. The molecule has 1 unspecified atom stereocenters. The molecule has 1 heterocycles. The molecule has 1 aliphatic rings. The van der Waals surface area contributed by atoms with Gasteiger partial charge in [-0.1, -0.05) is 0 Å². The fraction of sp³-hybridized carbons (Fsp3) is 0.800. The van der Waals surface area contributed by atoms with Gasteiger partial charge < -0.3 is 16.0 Å². The second kappa shape index (κ2) is 4.18. The number of carbonyl (C=O) groups excluding carboxylic acids is 2. The molecular weight excluding hydrogens is 194 g/mol. The van der Waals surface area contributed by atoms with E-state index in [-0.39, 0.29) is 11.8 Å². The third-order valence-electron chi connectivity index (χ3n) is 2.95. The van der Waals surface area contributed by atoms with Crippen LogP contribution < -0.4 is 11.1 Å². The average Bonchev–Trinajstić information content (AvgIpc) is 2.59. The summed E-state index contributed by atoms with van der Waals surface area (Å²) >= 11 is 0. The van der Waals surface area contributed by atoms with Crippen LogP contribution in [0.1, 0.15) is 20.3 Å². The minimum Gasteiger partial charge on any atom is -0.359 e. The maximum Gasteiger partial charge on any atom is 0.239 e. The van der Waals surface area contributed by atoms with E-state index < -0.39 is 11.5 Å². The molecule has 0 spiro atoms. The molecule has 3 N–H and O–H groups in total. The lowest BCUT2D eigenvalue weighted by Gasteiger charge is -2.23. The number of nitrogens with two attached hydrogens (primary N) is 1. The Bertz CT molecular complexity index is 278. The molecule has 2 atom stereocenters. The van der Waals surface area contributed by atoms with Crippen LogP contribution in [0.5, 0.6) is 0 Å². The molecule has 0 aromatic rings. The summed E-state index contributed by atoms with van der Waals surface area (Å²) in [4.78, 5) is 24.9. The summed E-state index contributed by atoms with van der Waals surface area (Å²) in [5.41, 5.74) is 5.06. The van der Waals surface area contributed by atoms with E-state index in [1.165, 1.54) is 0 Å². The first-order valence-corrected chi connectivity index (χ1v) is 5.17. The van der Waals surface area contributed by atoms with Crippen molar-refractivity contribution in [1.82, 2.24) is 10.2 Å². The number of likely N-dealkylation sites (tertiary alicyclic amines) is 1. The number of carbonyl (C=O) groups is 2. The number of hydrogen-bond donors (Lipinski definition) is 2. The van der Waals surface area contributed by atoms with Crippen molar-refractivity contribution in [2.24, 2.45) is 11.1 Å². The fourth-order valence-corrected chi connectivity index (χ4v) is 1.92. The third-order valence-corrected chi connectivity index (χ3v) is 2.95. The van der Waals surface area contributed by atoms with Crippen molar-refractivity contribution in [1.29, 1.82) is 0 Å². The van der Waals surface area contributed by atoms with Crippen molar-refractivity contribution in [3.63, 3.8) is 0 Å². The fourth-order valence-electron chi connectivity index (χ4n) is 1.92. The summed E-state index contributed by atoms with van der Waals surface area (Å²) in [6.45, 7) is 4.62. The molecule has 1 fully saturated rings. The quantitative estimate of drug-likeness (QED) is 0.638. The van der Waals surface area contributed by atoms with Crippen LogP contribution in [-0.4, -0.2) is 42.9 Å². The lowest BCUT2D eigenvalue weighted by atomic mass is 9.89. The molecular formula is C10H19N3O2. The van der Waals surface area contributed by atoms with Crippen molar-refractivity contribution in [3.8, 4) is 0 Å². The first kappa shape index (κ1) is 12.0. The molecule has 0 aromatic carbocycles. The maximum absolute atomic E-state index is 11.6. The van der Waals surface area contributed by atoms with Crippen molar-refractivity contribution < 1.29 is 9.59 Å². The van der Waals surface area contributed by atoms with Crippen LogP contribution in [0.3, 0.4) is 0 Å². The molecule has 0 saturated carbocycles. The predicted octanol–water partition coefficient (Wildman–Crippen LogP) is -0.682. The smallest absolute Gasteiger partial charge is 0.239 e. The summed E-state index contributed by atoms with van der Waals surface area (Å²) in [6.07, 6.45) is 0.700. The first-order chi connectivity index (χ1) is 6.90. The molecule has 0 aromatic heterocycles. The van der Waals surface area contributed by atoms with Gasteiger partial charge in [0.05, 0.1) is 11.5 Å². The zero-order chi connectivity index (χ0) is 11.6. The number of nitrogens with zero attached hydrogens (tertiary/aromatic N) is 1. The molecule has 5 heteroatoms. The van der Waals surface area contributed by atoms with Crippen LogP contribution in [0.2, 0.25) is 0 Å². The Morgan fingerprint density at radius 3 is 2.60 bits per heavy atom. The number of rotatable bonds is 2. The highest BCUT2D eigenvalue weighted by molar-refractivity contribution is 5.86. The summed E-state index contributed by atoms with van der Waals surface area (Å²) in [6, 6.07) is -0.489. The zero-order valence-electron chi connectivity index (χ0n) is 9.54. The van der Waals surface area contributed by atoms with Gasteiger partial charge in [0.25, 0.3) is 0 Å². The van der Waals surface area contributed by atoms with E-state index >= 15 is 0 Å². The van der Waals surface area contributed by atoms with E-state index in [1.54, 1.807) is 18.9 Å². The average molecular weight is 213 g/mol. The maximum atomic E-state index is 11.6. The molecule has 2 amide bonds. The predicted molar refractivity (Wildman–Crippen MR) is 57.0 cm³/mol. The molecule has 0 radical (unpaired) electrons. The van der Waals surface area contributed by atoms with Crippen LogP contribution in [-0.2, 0) is 9.59 Å². The van der Waals surface area contributed by atoms with E-state index in [9.17, 15) is 9.59 Å². The molecule has 15 heavy (non-hydrogen) atoms. The van der Waals surface area contributed by atoms with Crippen molar-refractivity contribution in [2.75, 3.05) is 20.1 Å². The normalized spacial score (nSPS) is 27.6. The topological polar surface area (TPSA) is 75.4 Å². The highest BCUT2D eigenvalue weighted by Crippen LogP contribution is 2.30. The zero-order valence-corrected chi connectivity index (χ0v) is 9.54. The van der Waals surface area contributed by atoms with E-state index in [0.29, 0.717) is 19.5 Å². The Morgan fingerprint density at radius 1 is 1.53 bits per heavy atom. The summed E-state index contributed by atoms with van der Waals surface area (Å²) in [5.74, 6) is -0.0925. The summed E-state index contributed by atoms with van der Waals surface area (Å²) in [7, 11) is 1.61. The molecule has 1 rings (SSSR count). The van der Waals surface area contributed by atoms with Gasteiger partial charge in [-0.2, -0.15) is 0 Å². The van der Waals surface area contributed by atoms with E-state index in [2.05, 4.69) is 5.32 Å². The molecule has 86 valence electrons. The highest BCUT2D eigenvalue weighted by Gasteiger charge is 2.41. The van der Waals surface area contributed by atoms with Gasteiger partial charge in [-0.15, -0.1) is 0 Å². The minimum absolute atomic E-state index is 0.0116. The highest BCUT2D eigenvalue weighted by atomic mass is 16.2. The van der Waals surface area contributed by atoms with Gasteiger partial charge in [-0.05, 0) is 20.3 Å². The molecule has 0 bridgehead atoms. The SMILES string of the molecule is CNC(=O)C1(C)CCN(C(=O)[C@H](C)N)C1. The van der Waals surface area contributed by atoms with Gasteiger partial charge in [0, 0.05) is 20.1 Å². The van der Waals surface area contributed by atoms with E-state index in [0.717, 1.165) is 0 Å². The van der Waals surface area contributed by atoms with Crippen molar-refractivity contribution in [2.45, 2.75) is 26.3 Å². The van der Waals surface area contributed by atoms with Crippen LogP contribution in [0, 0.1) is 5.41 Å². The van der Waals surface area contributed by atoms with Crippen molar-refractivity contribution in [3.05, 3.63) is 0 Å². The van der Waals surface area contributed by atoms with Gasteiger partial charge >= 0.3 is 0 Å². The second-order valence-electron chi connectivity index (χ2n) is 4.44. The molecule has 0 aliphatic carbocycles. The first-order valence-electron chi connectivity index (χ1n) is 5.17. The van der Waals surface area contributed by atoms with Gasteiger partial charge in [-0.25, -0.2) is 0 Å².